The molecule has 0 radical (unpaired) electrons. The van der Waals surface area contributed by atoms with E-state index in [1.54, 1.807) is 24.3 Å². The maximum Gasteiger partial charge on any atom is 1.00 e. The molecule has 2 aromatic carbocycles. The van der Waals surface area contributed by atoms with Crippen molar-refractivity contribution in [2.45, 2.75) is 0 Å². The zero-order valence-electron chi connectivity index (χ0n) is 10.2. The van der Waals surface area contributed by atoms with E-state index in [9.17, 15) is 9.59 Å². The van der Waals surface area contributed by atoms with Gasteiger partial charge in [-0.2, -0.15) is 0 Å². The topological polar surface area (TPSA) is 40.5 Å². The van der Waals surface area contributed by atoms with Crippen molar-refractivity contribution in [2.75, 3.05) is 0 Å². The van der Waals surface area contributed by atoms with Gasteiger partial charge in [0.15, 0.2) is 0 Å². The molecule has 0 aliphatic rings. The third kappa shape index (κ3) is 2.64. The number of benzene rings is 2. The van der Waals surface area contributed by atoms with Crippen LogP contribution in [0.5, 0.6) is 0 Å². The van der Waals surface area contributed by atoms with Crippen LogP contribution in [0.4, 0.5) is 0 Å². The molecule has 0 bridgehead atoms. The van der Waals surface area contributed by atoms with E-state index < -0.39 is 8.56 Å². The van der Waals surface area contributed by atoms with E-state index in [2.05, 4.69) is 0 Å². The molecule has 0 spiro atoms. The van der Waals surface area contributed by atoms with Crippen LogP contribution in [-0.2, 0) is 0 Å². The van der Waals surface area contributed by atoms with E-state index in [1.165, 1.54) is 0 Å². The van der Waals surface area contributed by atoms with Gasteiger partial charge in [0.1, 0.15) is 0 Å². The summed E-state index contributed by atoms with van der Waals surface area (Å²) in [6, 6.07) is 18.0. The van der Waals surface area contributed by atoms with Crippen LogP contribution in [0.25, 0.3) is 0 Å². The second-order valence-corrected chi connectivity index (χ2v) is 5.90. The Morgan fingerprint density at radius 1 is 0.688 bits per heavy atom. The zero-order valence-corrected chi connectivity index (χ0v) is 10.2. The fourth-order valence-electron chi connectivity index (χ4n) is 1.51. The Labute approximate surface area is 109 Å². The molecule has 0 saturated heterocycles. The molecule has 78 valence electrons. The van der Waals surface area contributed by atoms with Gasteiger partial charge in [0.05, 0.1) is 0 Å². The standard InChI is InChI=1S/C12H12O2Si.Li.H/c13-15(14,11-7-3-1-4-8-11)12-9-5-2-6-10-12;;/h1-10,13-14H;;/q;+1;-1. The van der Waals surface area contributed by atoms with Gasteiger partial charge in [-0.3, -0.25) is 0 Å². The minimum Gasteiger partial charge on any atom is -1.00 e. The maximum absolute atomic E-state index is 10.2. The van der Waals surface area contributed by atoms with E-state index >= 15 is 0 Å². The Hall–Kier alpha value is -0.826. The Kier molecular flexibility index (Phi) is 4.54. The Balaban J connectivity index is 0.00000128. The average molecular weight is 224 g/mol. The van der Waals surface area contributed by atoms with E-state index in [-0.39, 0.29) is 20.3 Å². The van der Waals surface area contributed by atoms with Crippen molar-refractivity contribution >= 4 is 18.9 Å². The minimum atomic E-state index is -3.46. The summed E-state index contributed by atoms with van der Waals surface area (Å²) in [4.78, 5) is 20.3. The first-order valence-corrected chi connectivity index (χ1v) is 6.66. The molecule has 2 nitrogen and oxygen atoms in total. The zero-order chi connectivity index (χ0) is 10.7. The summed E-state index contributed by atoms with van der Waals surface area (Å²) in [6.45, 7) is 0. The fraction of sp³-hybridized carbons (Fsp3) is 0. The number of rotatable bonds is 2. The molecule has 2 rings (SSSR count). The molecule has 2 aromatic rings. The molecule has 0 aromatic heterocycles. The SMILES string of the molecule is O[Si](O)(c1ccccc1)c1ccccc1.[H-].[Li+]. The largest absolute Gasteiger partial charge is 1.00 e. The van der Waals surface area contributed by atoms with Crippen LogP contribution in [-0.4, -0.2) is 18.2 Å². The summed E-state index contributed by atoms with van der Waals surface area (Å²) in [7, 11) is -3.46. The molecule has 0 atom stereocenters. The predicted molar refractivity (Wildman–Crippen MR) is 63.5 cm³/mol. The van der Waals surface area contributed by atoms with Crippen LogP contribution >= 0.6 is 0 Å². The third-order valence-electron chi connectivity index (χ3n) is 2.35. The van der Waals surface area contributed by atoms with Crippen LogP contribution in [0.15, 0.2) is 60.7 Å². The summed E-state index contributed by atoms with van der Waals surface area (Å²) in [5, 5.41) is 1.22. The van der Waals surface area contributed by atoms with Crippen molar-refractivity contribution in [2.24, 2.45) is 0 Å². The molecular formula is C12H13LiO2Si. The molecule has 0 aliphatic heterocycles. The van der Waals surface area contributed by atoms with Gasteiger partial charge in [-0.15, -0.1) is 0 Å². The molecule has 0 aliphatic carbocycles. The molecule has 0 heterocycles. The Morgan fingerprint density at radius 3 is 1.31 bits per heavy atom. The summed E-state index contributed by atoms with van der Waals surface area (Å²) in [6.07, 6.45) is 0. The average Bonchev–Trinajstić information content (AvgIpc) is 2.31. The summed E-state index contributed by atoms with van der Waals surface area (Å²) in [5.41, 5.74) is 0. The van der Waals surface area contributed by atoms with E-state index in [0.29, 0.717) is 10.4 Å². The number of hydrogen-bond acceptors (Lipinski definition) is 2. The van der Waals surface area contributed by atoms with Crippen LogP contribution in [0.2, 0.25) is 0 Å². The van der Waals surface area contributed by atoms with Crippen LogP contribution in [0, 0.1) is 0 Å². The van der Waals surface area contributed by atoms with Crippen molar-refractivity contribution in [3.05, 3.63) is 60.7 Å². The minimum absolute atomic E-state index is 0. The van der Waals surface area contributed by atoms with Gasteiger partial charge in [0.2, 0.25) is 0 Å². The monoisotopic (exact) mass is 224 g/mol. The first kappa shape index (κ1) is 13.2. The van der Waals surface area contributed by atoms with Gasteiger partial charge in [-0.1, -0.05) is 60.7 Å². The second kappa shape index (κ2) is 5.49. The quantitative estimate of drug-likeness (QED) is 0.547. The van der Waals surface area contributed by atoms with Crippen LogP contribution in [0.3, 0.4) is 0 Å². The maximum atomic E-state index is 10.2. The molecular weight excluding hydrogens is 211 g/mol. The van der Waals surface area contributed by atoms with Gasteiger partial charge >= 0.3 is 27.4 Å². The van der Waals surface area contributed by atoms with Gasteiger partial charge < -0.3 is 11.0 Å². The summed E-state index contributed by atoms with van der Waals surface area (Å²) in [5.74, 6) is 0. The molecule has 0 unspecified atom stereocenters. The van der Waals surface area contributed by atoms with Gasteiger partial charge in [0, 0.05) is 0 Å². The van der Waals surface area contributed by atoms with Gasteiger partial charge in [-0.25, -0.2) is 0 Å². The summed E-state index contributed by atoms with van der Waals surface area (Å²) < 4.78 is 0. The van der Waals surface area contributed by atoms with Crippen LogP contribution in [0.1, 0.15) is 1.43 Å². The van der Waals surface area contributed by atoms with Crippen molar-refractivity contribution in [3.63, 3.8) is 0 Å². The second-order valence-electron chi connectivity index (χ2n) is 3.40. The summed E-state index contributed by atoms with van der Waals surface area (Å²) >= 11 is 0. The molecule has 0 fully saturated rings. The van der Waals surface area contributed by atoms with E-state index in [4.69, 9.17) is 0 Å². The van der Waals surface area contributed by atoms with Crippen LogP contribution < -0.4 is 29.2 Å². The Bertz CT molecular complexity index is 395. The van der Waals surface area contributed by atoms with Crippen molar-refractivity contribution in [3.8, 4) is 0 Å². The smallest absolute Gasteiger partial charge is 1.00 e. The Morgan fingerprint density at radius 2 is 1.00 bits per heavy atom. The molecule has 2 N–H and O–H groups in total. The van der Waals surface area contributed by atoms with Crippen molar-refractivity contribution < 1.29 is 29.9 Å². The van der Waals surface area contributed by atoms with E-state index in [1.807, 2.05) is 36.4 Å². The fourth-order valence-corrected chi connectivity index (χ4v) is 3.16. The first-order valence-electron chi connectivity index (χ1n) is 4.77. The molecule has 4 heteroatoms. The van der Waals surface area contributed by atoms with Crippen molar-refractivity contribution in [1.29, 1.82) is 0 Å². The van der Waals surface area contributed by atoms with E-state index in [0.717, 1.165) is 0 Å². The number of hydrogen-bond donors (Lipinski definition) is 2. The van der Waals surface area contributed by atoms with Crippen molar-refractivity contribution in [1.82, 2.24) is 0 Å². The molecule has 0 saturated carbocycles. The molecule has 16 heavy (non-hydrogen) atoms. The normalized spacial score (nSPS) is 10.6. The molecule has 0 amide bonds. The third-order valence-corrected chi connectivity index (χ3v) is 4.63. The predicted octanol–water partition coefficient (Wildman–Crippen LogP) is -2.66. The van der Waals surface area contributed by atoms with Gasteiger partial charge in [-0.05, 0) is 10.4 Å². The first-order chi connectivity index (χ1) is 7.21. The van der Waals surface area contributed by atoms with Gasteiger partial charge in [0.25, 0.3) is 0 Å².